The quantitative estimate of drug-likeness (QED) is 0.389. The molecule has 0 aliphatic carbocycles. The maximum atomic E-state index is 11.6. The van der Waals surface area contributed by atoms with E-state index in [4.69, 9.17) is 0 Å². The average Bonchev–Trinajstić information content (AvgIpc) is 2.74. The Morgan fingerprint density at radius 3 is 2.07 bits per heavy atom. The van der Waals surface area contributed by atoms with Crippen LogP contribution in [0.1, 0.15) is 11.1 Å². The van der Waals surface area contributed by atoms with Crippen LogP contribution in [0.4, 0.5) is 17.1 Å². The highest BCUT2D eigenvalue weighted by atomic mass is 16.6. The number of rotatable bonds is 8. The number of hydrogen-bond acceptors (Lipinski definition) is 5. The van der Waals surface area contributed by atoms with Crippen molar-refractivity contribution in [3.63, 3.8) is 0 Å². The normalized spacial score (nSPS) is 10.3. The van der Waals surface area contributed by atoms with Crippen LogP contribution in [-0.2, 0) is 6.54 Å². The summed E-state index contributed by atoms with van der Waals surface area (Å²) >= 11 is 0. The van der Waals surface area contributed by atoms with E-state index in [2.05, 4.69) is 6.58 Å². The van der Waals surface area contributed by atoms with Crippen LogP contribution in [0.15, 0.2) is 85.4 Å². The van der Waals surface area contributed by atoms with E-state index in [0.717, 1.165) is 22.8 Å². The topological polar surface area (TPSA) is 89.5 Å². The summed E-state index contributed by atoms with van der Waals surface area (Å²) in [6.45, 7) is 4.86. The van der Waals surface area contributed by atoms with E-state index in [1.54, 1.807) is 0 Å². The zero-order chi connectivity index (χ0) is 20.8. The van der Waals surface area contributed by atoms with Gasteiger partial charge in [-0.3, -0.25) is 20.2 Å². The first-order chi connectivity index (χ1) is 14.0. The van der Waals surface area contributed by atoms with Gasteiger partial charge in [-0.05, 0) is 22.8 Å². The van der Waals surface area contributed by atoms with Crippen molar-refractivity contribution in [3.8, 4) is 0 Å². The Kier molecular flexibility index (Phi) is 5.99. The van der Waals surface area contributed by atoms with Crippen molar-refractivity contribution in [1.82, 2.24) is 0 Å². The van der Waals surface area contributed by atoms with Gasteiger partial charge in [0.05, 0.1) is 15.9 Å². The molecule has 0 spiro atoms. The zero-order valence-corrected chi connectivity index (χ0v) is 15.6. The number of nitrogens with zero attached hydrogens (tertiary/aromatic N) is 3. The largest absolute Gasteiger partial charge is 0.357 e. The SMILES string of the molecule is C=C(CN(Cc1ccccc1)c1ccc([N+](=O)[O-])cc1[N+](=O)[O-])c1ccccc1. The molecule has 0 aromatic heterocycles. The summed E-state index contributed by atoms with van der Waals surface area (Å²) in [7, 11) is 0. The second-order valence-electron chi connectivity index (χ2n) is 6.50. The summed E-state index contributed by atoms with van der Waals surface area (Å²) in [5.74, 6) is 0. The molecule has 7 heteroatoms. The number of hydrogen-bond donors (Lipinski definition) is 0. The average molecular weight is 389 g/mol. The second kappa shape index (κ2) is 8.79. The summed E-state index contributed by atoms with van der Waals surface area (Å²) in [4.78, 5) is 23.3. The van der Waals surface area contributed by atoms with Gasteiger partial charge in [-0.1, -0.05) is 67.2 Å². The minimum absolute atomic E-state index is 0.307. The molecule has 146 valence electrons. The summed E-state index contributed by atoms with van der Waals surface area (Å²) in [5.41, 5.74) is 2.35. The van der Waals surface area contributed by atoms with Gasteiger partial charge in [0.25, 0.3) is 11.4 Å². The molecule has 0 unspecified atom stereocenters. The van der Waals surface area contributed by atoms with Gasteiger partial charge in [-0.15, -0.1) is 0 Å². The first-order valence-corrected chi connectivity index (χ1v) is 8.90. The van der Waals surface area contributed by atoms with Crippen LogP contribution in [0, 0.1) is 20.2 Å². The number of nitro benzene ring substituents is 2. The highest BCUT2D eigenvalue weighted by Gasteiger charge is 2.24. The molecular formula is C22H19N3O4. The van der Waals surface area contributed by atoms with E-state index >= 15 is 0 Å². The predicted octanol–water partition coefficient (Wildman–Crippen LogP) is 5.22. The first-order valence-electron chi connectivity index (χ1n) is 8.90. The molecule has 0 bridgehead atoms. The molecule has 7 nitrogen and oxygen atoms in total. The van der Waals surface area contributed by atoms with Gasteiger partial charge in [0.2, 0.25) is 0 Å². The highest BCUT2D eigenvalue weighted by molar-refractivity contribution is 5.73. The molecule has 0 saturated carbocycles. The lowest BCUT2D eigenvalue weighted by Crippen LogP contribution is -2.25. The monoisotopic (exact) mass is 389 g/mol. The second-order valence-corrected chi connectivity index (χ2v) is 6.50. The molecule has 0 heterocycles. The number of benzene rings is 3. The maximum Gasteiger partial charge on any atom is 0.299 e. The van der Waals surface area contributed by atoms with Crippen LogP contribution in [0.25, 0.3) is 5.57 Å². The number of nitro groups is 2. The van der Waals surface area contributed by atoms with Gasteiger partial charge in [-0.2, -0.15) is 0 Å². The fourth-order valence-electron chi connectivity index (χ4n) is 3.06. The molecule has 0 fully saturated rings. The van der Waals surface area contributed by atoms with E-state index in [1.807, 2.05) is 65.6 Å². The molecule has 0 atom stereocenters. The Bertz CT molecular complexity index is 1040. The van der Waals surface area contributed by atoms with Gasteiger partial charge in [0.1, 0.15) is 5.69 Å². The van der Waals surface area contributed by atoms with Crippen LogP contribution in [0.2, 0.25) is 0 Å². The molecule has 3 aromatic rings. The fraction of sp³-hybridized carbons (Fsp3) is 0.0909. The Morgan fingerprint density at radius 1 is 0.862 bits per heavy atom. The molecule has 0 radical (unpaired) electrons. The van der Waals surface area contributed by atoms with Crippen molar-refractivity contribution in [2.45, 2.75) is 6.54 Å². The van der Waals surface area contributed by atoms with E-state index in [-0.39, 0.29) is 11.4 Å². The third-order valence-corrected chi connectivity index (χ3v) is 4.49. The Balaban J connectivity index is 2.01. The minimum Gasteiger partial charge on any atom is -0.357 e. The Hall–Kier alpha value is -4.00. The number of non-ortho nitro benzene ring substituents is 1. The van der Waals surface area contributed by atoms with Crippen LogP contribution in [-0.4, -0.2) is 16.4 Å². The van der Waals surface area contributed by atoms with E-state index in [0.29, 0.717) is 18.8 Å². The van der Waals surface area contributed by atoms with Crippen molar-refractivity contribution < 1.29 is 9.85 Å². The Morgan fingerprint density at radius 2 is 1.48 bits per heavy atom. The number of anilines is 1. The Labute approximate surface area is 167 Å². The van der Waals surface area contributed by atoms with Gasteiger partial charge in [0.15, 0.2) is 0 Å². The lowest BCUT2D eigenvalue weighted by molar-refractivity contribution is -0.393. The van der Waals surface area contributed by atoms with Crippen molar-refractivity contribution in [3.05, 3.63) is 117 Å². The van der Waals surface area contributed by atoms with E-state index in [9.17, 15) is 20.2 Å². The van der Waals surface area contributed by atoms with Gasteiger partial charge in [0, 0.05) is 19.2 Å². The van der Waals surface area contributed by atoms with Crippen molar-refractivity contribution in [2.75, 3.05) is 11.4 Å². The molecule has 0 saturated heterocycles. The van der Waals surface area contributed by atoms with Crippen LogP contribution in [0.5, 0.6) is 0 Å². The molecule has 0 N–H and O–H groups in total. The highest BCUT2D eigenvalue weighted by Crippen LogP contribution is 2.34. The lowest BCUT2D eigenvalue weighted by Gasteiger charge is -2.26. The van der Waals surface area contributed by atoms with Crippen LogP contribution in [0.3, 0.4) is 0 Å². The van der Waals surface area contributed by atoms with E-state index < -0.39 is 9.85 Å². The predicted molar refractivity (Wildman–Crippen MR) is 113 cm³/mol. The molecule has 0 aliphatic rings. The maximum absolute atomic E-state index is 11.6. The fourth-order valence-corrected chi connectivity index (χ4v) is 3.06. The van der Waals surface area contributed by atoms with Gasteiger partial charge < -0.3 is 4.90 Å². The molecule has 0 amide bonds. The molecule has 0 aliphatic heterocycles. The molecule has 29 heavy (non-hydrogen) atoms. The van der Waals surface area contributed by atoms with Crippen LogP contribution >= 0.6 is 0 Å². The molecule has 3 rings (SSSR count). The summed E-state index contributed by atoms with van der Waals surface area (Å²) < 4.78 is 0. The summed E-state index contributed by atoms with van der Waals surface area (Å²) in [6.07, 6.45) is 0. The molecular weight excluding hydrogens is 370 g/mol. The van der Waals surface area contributed by atoms with Gasteiger partial charge in [-0.25, -0.2) is 0 Å². The summed E-state index contributed by atoms with van der Waals surface area (Å²) in [6, 6.07) is 22.8. The lowest BCUT2D eigenvalue weighted by atomic mass is 10.1. The van der Waals surface area contributed by atoms with E-state index in [1.165, 1.54) is 12.1 Å². The zero-order valence-electron chi connectivity index (χ0n) is 15.6. The first kappa shape index (κ1) is 19.8. The smallest absolute Gasteiger partial charge is 0.299 e. The van der Waals surface area contributed by atoms with Crippen molar-refractivity contribution in [2.24, 2.45) is 0 Å². The third kappa shape index (κ3) is 4.84. The third-order valence-electron chi connectivity index (χ3n) is 4.49. The van der Waals surface area contributed by atoms with Crippen LogP contribution < -0.4 is 4.90 Å². The summed E-state index contributed by atoms with van der Waals surface area (Å²) in [5, 5.41) is 22.7. The van der Waals surface area contributed by atoms with Crippen molar-refractivity contribution >= 4 is 22.6 Å². The minimum atomic E-state index is -0.638. The standard InChI is InChI=1S/C22H19N3O4/c1-17(19-10-6-3-7-11-19)15-23(16-18-8-4-2-5-9-18)21-13-12-20(24(26)27)14-22(21)25(28)29/h2-14H,1,15-16H2. The van der Waals surface area contributed by atoms with Gasteiger partial charge >= 0.3 is 0 Å². The molecule has 3 aromatic carbocycles. The van der Waals surface area contributed by atoms with Crippen molar-refractivity contribution in [1.29, 1.82) is 0 Å².